The Morgan fingerprint density at radius 3 is 2.37 bits per heavy atom. The van der Waals surface area contributed by atoms with Crippen LogP contribution in [-0.2, 0) is 23.7 Å². The Labute approximate surface area is 183 Å². The Hall–Kier alpha value is -0.730. The minimum atomic E-state index is -0.428. The van der Waals surface area contributed by atoms with Crippen molar-refractivity contribution in [2.24, 2.45) is 17.3 Å². The summed E-state index contributed by atoms with van der Waals surface area (Å²) in [6.45, 7) is 19.1. The second kappa shape index (κ2) is 11.2. The average Bonchev–Trinajstić information content (AvgIpc) is 2.67. The quantitative estimate of drug-likeness (QED) is 0.596. The Morgan fingerprint density at radius 2 is 1.83 bits per heavy atom. The molecule has 2 rings (SSSR count). The predicted molar refractivity (Wildman–Crippen MR) is 117 cm³/mol. The summed E-state index contributed by atoms with van der Waals surface area (Å²) in [5, 5.41) is 3.29. The number of hydrogen-bond acceptors (Lipinski definition) is 7. The maximum atomic E-state index is 12.5. The first-order valence-electron chi connectivity index (χ1n) is 11.5. The summed E-state index contributed by atoms with van der Waals surface area (Å²) in [5.41, 5.74) is 0.137. The number of methoxy groups -OCH3 is 1. The van der Waals surface area contributed by atoms with Crippen LogP contribution in [0.25, 0.3) is 0 Å². The van der Waals surface area contributed by atoms with Gasteiger partial charge in [-0.05, 0) is 24.2 Å². The molecule has 30 heavy (non-hydrogen) atoms. The monoisotopic (exact) mass is 428 g/mol. The van der Waals surface area contributed by atoms with E-state index in [0.29, 0.717) is 24.8 Å². The predicted octanol–water partition coefficient (Wildman–Crippen LogP) is 2.68. The maximum absolute atomic E-state index is 12.5. The zero-order valence-corrected chi connectivity index (χ0v) is 20.3. The van der Waals surface area contributed by atoms with Crippen molar-refractivity contribution in [1.29, 1.82) is 0 Å². The summed E-state index contributed by atoms with van der Waals surface area (Å²) >= 11 is 0. The molecule has 0 radical (unpaired) electrons. The Kier molecular flexibility index (Phi) is 9.56. The second-order valence-corrected chi connectivity index (χ2v) is 10.3. The molecule has 2 heterocycles. The van der Waals surface area contributed by atoms with E-state index in [1.54, 1.807) is 7.11 Å². The van der Waals surface area contributed by atoms with Gasteiger partial charge in [0.1, 0.15) is 6.10 Å². The van der Waals surface area contributed by atoms with E-state index in [9.17, 15) is 4.79 Å². The highest BCUT2D eigenvalue weighted by molar-refractivity contribution is 5.72. The van der Waals surface area contributed by atoms with Crippen molar-refractivity contribution in [3.05, 3.63) is 0 Å². The van der Waals surface area contributed by atoms with Gasteiger partial charge in [0.05, 0.1) is 18.8 Å². The van der Waals surface area contributed by atoms with E-state index >= 15 is 0 Å². The topological polar surface area (TPSA) is 69.3 Å². The van der Waals surface area contributed by atoms with E-state index in [2.05, 4.69) is 51.8 Å². The van der Waals surface area contributed by atoms with Crippen LogP contribution in [0.4, 0.5) is 0 Å². The molecule has 7 heteroatoms. The molecule has 0 saturated carbocycles. The van der Waals surface area contributed by atoms with Gasteiger partial charge >= 0.3 is 5.97 Å². The van der Waals surface area contributed by atoms with Gasteiger partial charge in [-0.25, -0.2) is 0 Å². The van der Waals surface area contributed by atoms with Crippen molar-refractivity contribution in [3.8, 4) is 0 Å². The molecule has 0 aromatic heterocycles. The molecule has 7 nitrogen and oxygen atoms in total. The molecule has 0 spiro atoms. The molecular weight excluding hydrogens is 384 g/mol. The van der Waals surface area contributed by atoms with Crippen LogP contribution in [0.3, 0.4) is 0 Å². The average molecular weight is 429 g/mol. The number of hydrogen-bond donors (Lipinski definition) is 1. The smallest absolute Gasteiger partial charge is 0.320 e. The largest absolute Gasteiger partial charge is 0.456 e. The number of piperazine rings is 1. The number of carbonyl (C=O) groups is 1. The molecule has 0 aromatic rings. The summed E-state index contributed by atoms with van der Waals surface area (Å²) in [6, 6.07) is 0. The number of carbonyl (C=O) groups excluding carboxylic acids is 1. The summed E-state index contributed by atoms with van der Waals surface area (Å²) in [5.74, 6) is 0.515. The minimum Gasteiger partial charge on any atom is -0.456 e. The molecular formula is C23H44N2O5. The molecule has 1 N–H and O–H groups in total. The third kappa shape index (κ3) is 7.16. The van der Waals surface area contributed by atoms with Gasteiger partial charge in [0.2, 0.25) is 0 Å². The van der Waals surface area contributed by atoms with Crippen LogP contribution in [0, 0.1) is 17.3 Å². The molecule has 2 saturated heterocycles. The lowest BCUT2D eigenvalue weighted by Crippen LogP contribution is -2.53. The van der Waals surface area contributed by atoms with Crippen molar-refractivity contribution in [3.63, 3.8) is 0 Å². The van der Waals surface area contributed by atoms with Crippen molar-refractivity contribution >= 4 is 5.97 Å². The van der Waals surface area contributed by atoms with Gasteiger partial charge in [-0.1, -0.05) is 41.5 Å². The third-order valence-corrected chi connectivity index (χ3v) is 6.58. The van der Waals surface area contributed by atoms with Gasteiger partial charge < -0.3 is 24.3 Å². The van der Waals surface area contributed by atoms with Crippen LogP contribution in [-0.4, -0.2) is 81.4 Å². The molecule has 2 fully saturated rings. The van der Waals surface area contributed by atoms with Crippen molar-refractivity contribution < 1.29 is 23.7 Å². The molecule has 0 bridgehead atoms. The summed E-state index contributed by atoms with van der Waals surface area (Å²) in [4.78, 5) is 14.6. The zero-order chi connectivity index (χ0) is 22.5. The van der Waals surface area contributed by atoms with Crippen LogP contribution in [0.2, 0.25) is 0 Å². The van der Waals surface area contributed by atoms with Crippen LogP contribution < -0.4 is 5.32 Å². The SMILES string of the molecule is COC1CC(O[C@H](C(C)C)[C@@H](C)C(C)(C)C)OC(C)C1OC(=O)CN1CCNCC1. The van der Waals surface area contributed by atoms with Crippen molar-refractivity contribution in [2.45, 2.75) is 85.6 Å². The molecule has 176 valence electrons. The van der Waals surface area contributed by atoms with Crippen LogP contribution in [0.1, 0.15) is 54.9 Å². The number of esters is 1. The Morgan fingerprint density at radius 1 is 1.20 bits per heavy atom. The van der Waals surface area contributed by atoms with Gasteiger partial charge in [0.25, 0.3) is 0 Å². The van der Waals surface area contributed by atoms with E-state index in [-0.39, 0.29) is 36.0 Å². The zero-order valence-electron chi connectivity index (χ0n) is 20.3. The first-order valence-corrected chi connectivity index (χ1v) is 11.5. The fourth-order valence-corrected chi connectivity index (χ4v) is 4.25. The van der Waals surface area contributed by atoms with Gasteiger partial charge in [0.15, 0.2) is 12.4 Å². The Balaban J connectivity index is 1.96. The number of nitrogens with one attached hydrogen (secondary N) is 1. The maximum Gasteiger partial charge on any atom is 0.320 e. The first kappa shape index (κ1) is 25.5. The van der Waals surface area contributed by atoms with Crippen LogP contribution >= 0.6 is 0 Å². The molecule has 0 amide bonds. The van der Waals surface area contributed by atoms with Gasteiger partial charge in [-0.15, -0.1) is 0 Å². The van der Waals surface area contributed by atoms with Crippen LogP contribution in [0.15, 0.2) is 0 Å². The fraction of sp³-hybridized carbons (Fsp3) is 0.957. The van der Waals surface area contributed by atoms with E-state index in [0.717, 1.165) is 26.2 Å². The summed E-state index contributed by atoms with van der Waals surface area (Å²) in [7, 11) is 1.66. The first-order chi connectivity index (χ1) is 14.0. The number of ether oxygens (including phenoxy) is 4. The number of rotatable bonds is 8. The highest BCUT2D eigenvalue weighted by Crippen LogP contribution is 2.35. The van der Waals surface area contributed by atoms with E-state index in [4.69, 9.17) is 18.9 Å². The lowest BCUT2D eigenvalue weighted by Gasteiger charge is -2.43. The molecule has 0 aromatic carbocycles. The summed E-state index contributed by atoms with van der Waals surface area (Å²) in [6.07, 6.45) is -0.714. The number of nitrogens with zero attached hydrogens (tertiary/aromatic N) is 1. The molecule has 2 aliphatic rings. The van der Waals surface area contributed by atoms with Gasteiger partial charge in [0, 0.05) is 39.7 Å². The third-order valence-electron chi connectivity index (χ3n) is 6.58. The van der Waals surface area contributed by atoms with Crippen LogP contribution in [0.5, 0.6) is 0 Å². The van der Waals surface area contributed by atoms with E-state index in [1.165, 1.54) is 0 Å². The highest BCUT2D eigenvalue weighted by Gasteiger charge is 2.42. The van der Waals surface area contributed by atoms with Crippen molar-refractivity contribution in [1.82, 2.24) is 10.2 Å². The van der Waals surface area contributed by atoms with Gasteiger partial charge in [-0.3, -0.25) is 9.69 Å². The fourth-order valence-electron chi connectivity index (χ4n) is 4.25. The summed E-state index contributed by atoms with van der Waals surface area (Å²) < 4.78 is 24.1. The molecule has 6 atom stereocenters. The molecule has 0 aliphatic carbocycles. The minimum absolute atomic E-state index is 0.0755. The second-order valence-electron chi connectivity index (χ2n) is 10.3. The molecule has 2 aliphatic heterocycles. The Bertz CT molecular complexity index is 530. The normalized spacial score (nSPS) is 30.8. The lowest BCUT2D eigenvalue weighted by molar-refractivity contribution is -0.278. The van der Waals surface area contributed by atoms with Gasteiger partial charge in [-0.2, -0.15) is 0 Å². The van der Waals surface area contributed by atoms with E-state index in [1.807, 2.05) is 6.92 Å². The lowest BCUT2D eigenvalue weighted by atomic mass is 9.75. The molecule has 4 unspecified atom stereocenters. The van der Waals surface area contributed by atoms with Crippen molar-refractivity contribution in [2.75, 3.05) is 39.8 Å². The van der Waals surface area contributed by atoms with E-state index < -0.39 is 6.10 Å². The standard InChI is InChI=1S/C23H44N2O5/c1-15(2)21(16(3)23(5,6)7)30-20-13-18(27-8)22(17(4)28-20)29-19(26)14-25-11-9-24-10-12-25/h15-18,20-22,24H,9-14H2,1-8H3/t16-,17?,18?,20?,21-,22?/m1/s1. The highest BCUT2D eigenvalue weighted by atomic mass is 16.7.